The zero-order chi connectivity index (χ0) is 22.5. The van der Waals surface area contributed by atoms with Gasteiger partial charge in [-0.2, -0.15) is 0 Å². The number of rotatable bonds is 8. The third-order valence-corrected chi connectivity index (χ3v) is 3.95. The lowest BCUT2D eigenvalue weighted by Gasteiger charge is -2.16. The summed E-state index contributed by atoms with van der Waals surface area (Å²) in [6.45, 7) is 3.55. The average Bonchev–Trinajstić information content (AvgIpc) is 2.63. The highest BCUT2D eigenvalue weighted by Crippen LogP contribution is 2.23. The third kappa shape index (κ3) is 6.89. The molecular weight excluding hydrogens is 422 g/mol. The number of carbonyl (C=O) groups excluding carboxylic acids is 2. The number of aromatic nitrogens is 2. The molecule has 30 heavy (non-hydrogen) atoms. The number of nitrogens with zero attached hydrogens (tertiary/aromatic N) is 2. The predicted octanol–water partition coefficient (Wildman–Crippen LogP) is 2.72. The van der Waals surface area contributed by atoms with Crippen LogP contribution in [0.1, 0.15) is 35.5 Å². The Morgan fingerprint density at radius 2 is 2.00 bits per heavy atom. The van der Waals surface area contributed by atoms with E-state index in [4.69, 9.17) is 16.3 Å². The van der Waals surface area contributed by atoms with Gasteiger partial charge in [-0.3, -0.25) is 9.59 Å². The fraction of sp³-hybridized carbons (Fsp3) is 0.368. The van der Waals surface area contributed by atoms with Crippen molar-refractivity contribution in [2.45, 2.75) is 39.3 Å². The molecular formula is C19H21ClF2N4O4. The van der Waals surface area contributed by atoms with Gasteiger partial charge in [0.05, 0.1) is 0 Å². The van der Waals surface area contributed by atoms with E-state index in [-0.39, 0.29) is 28.8 Å². The summed E-state index contributed by atoms with van der Waals surface area (Å²) in [6.07, 6.45) is -1.30. The number of halogens is 3. The molecule has 0 unspecified atom stereocenters. The highest BCUT2D eigenvalue weighted by molar-refractivity contribution is 6.31. The quantitative estimate of drug-likeness (QED) is 0.579. The van der Waals surface area contributed by atoms with E-state index in [1.165, 1.54) is 38.2 Å². The minimum Gasteiger partial charge on any atom is -0.471 e. The van der Waals surface area contributed by atoms with Crippen LogP contribution >= 0.6 is 11.6 Å². The van der Waals surface area contributed by atoms with Crippen molar-refractivity contribution < 1.29 is 28.2 Å². The number of nitrogens with one attached hydrogen (secondary N) is 2. The molecule has 0 spiro atoms. The highest BCUT2D eigenvalue weighted by atomic mass is 35.5. The average molecular weight is 443 g/mol. The summed E-state index contributed by atoms with van der Waals surface area (Å²) in [5, 5.41) is 14.9. The zero-order valence-electron chi connectivity index (χ0n) is 16.5. The lowest BCUT2D eigenvalue weighted by atomic mass is 10.1. The van der Waals surface area contributed by atoms with Crippen molar-refractivity contribution in [3.8, 4) is 5.88 Å². The fourth-order valence-corrected chi connectivity index (χ4v) is 2.47. The number of aryl methyl sites for hydroxylation is 1. The summed E-state index contributed by atoms with van der Waals surface area (Å²) in [5.74, 6) is -1.11. The van der Waals surface area contributed by atoms with Gasteiger partial charge in [-0.1, -0.05) is 11.6 Å². The Bertz CT molecular complexity index is 935. The van der Waals surface area contributed by atoms with E-state index in [0.29, 0.717) is 11.3 Å². The molecule has 2 heterocycles. The Balaban J connectivity index is 2.04. The van der Waals surface area contributed by atoms with E-state index in [9.17, 15) is 23.5 Å². The summed E-state index contributed by atoms with van der Waals surface area (Å²) >= 11 is 5.96. The standard InChI is InChI=1S/C19H21ClF2N4O4/c1-10-4-12(6-15(25-10)26-18(28)19(2,3)29)16(27)23-7-11-5-13(20)17(24-8-11)30-9-14(21)22/h4-6,8,14,29H,7,9H2,1-3H3,(H,23,27)(H,25,26,28). The molecule has 0 aliphatic heterocycles. The Morgan fingerprint density at radius 3 is 2.60 bits per heavy atom. The van der Waals surface area contributed by atoms with Crippen molar-refractivity contribution in [2.24, 2.45) is 0 Å². The first-order chi connectivity index (χ1) is 14.0. The molecule has 0 bridgehead atoms. The smallest absolute Gasteiger partial charge is 0.272 e. The van der Waals surface area contributed by atoms with Crippen LogP contribution in [-0.2, 0) is 11.3 Å². The molecule has 0 saturated heterocycles. The monoisotopic (exact) mass is 442 g/mol. The first-order valence-corrected chi connectivity index (χ1v) is 9.19. The molecule has 2 aromatic rings. The summed E-state index contributed by atoms with van der Waals surface area (Å²) in [4.78, 5) is 32.4. The van der Waals surface area contributed by atoms with Gasteiger partial charge in [-0.05, 0) is 44.5 Å². The van der Waals surface area contributed by atoms with Crippen molar-refractivity contribution in [2.75, 3.05) is 11.9 Å². The topological polar surface area (TPSA) is 113 Å². The molecule has 2 rings (SSSR count). The largest absolute Gasteiger partial charge is 0.471 e. The normalized spacial score (nSPS) is 11.3. The third-order valence-electron chi connectivity index (χ3n) is 3.68. The molecule has 2 amide bonds. The number of alkyl halides is 2. The van der Waals surface area contributed by atoms with E-state index in [1.54, 1.807) is 6.92 Å². The van der Waals surface area contributed by atoms with E-state index < -0.39 is 30.4 Å². The minimum atomic E-state index is -2.65. The van der Waals surface area contributed by atoms with Crippen LogP contribution in [0, 0.1) is 6.92 Å². The number of hydrogen-bond donors (Lipinski definition) is 3. The number of ether oxygens (including phenoxy) is 1. The molecule has 8 nitrogen and oxygen atoms in total. The number of amides is 2. The van der Waals surface area contributed by atoms with Crippen LogP contribution in [0.2, 0.25) is 5.02 Å². The van der Waals surface area contributed by atoms with Gasteiger partial charge < -0.3 is 20.5 Å². The summed E-state index contributed by atoms with van der Waals surface area (Å²) < 4.78 is 29.2. The Hall–Kier alpha value is -2.85. The molecule has 2 aromatic heterocycles. The number of aliphatic hydroxyl groups is 1. The molecule has 0 aromatic carbocycles. The second-order valence-corrected chi connectivity index (χ2v) is 7.32. The van der Waals surface area contributed by atoms with Crippen molar-refractivity contribution >= 4 is 29.2 Å². The summed E-state index contributed by atoms with van der Waals surface area (Å²) in [7, 11) is 0. The van der Waals surface area contributed by atoms with Gasteiger partial charge in [0.25, 0.3) is 18.2 Å². The second-order valence-electron chi connectivity index (χ2n) is 6.91. The van der Waals surface area contributed by atoms with Crippen LogP contribution in [0.25, 0.3) is 0 Å². The van der Waals surface area contributed by atoms with Gasteiger partial charge in [0.1, 0.15) is 16.4 Å². The Morgan fingerprint density at radius 1 is 1.30 bits per heavy atom. The number of carbonyl (C=O) groups is 2. The Labute approximate surface area is 176 Å². The van der Waals surface area contributed by atoms with Gasteiger partial charge in [-0.25, -0.2) is 18.7 Å². The van der Waals surface area contributed by atoms with E-state index in [0.717, 1.165) is 0 Å². The van der Waals surface area contributed by atoms with Crippen molar-refractivity contribution in [1.29, 1.82) is 0 Å². The maximum Gasteiger partial charge on any atom is 0.272 e. The van der Waals surface area contributed by atoms with Crippen LogP contribution in [0.15, 0.2) is 24.4 Å². The summed E-state index contributed by atoms with van der Waals surface area (Å²) in [6, 6.07) is 4.35. The Kier molecular flexibility index (Phi) is 7.63. The van der Waals surface area contributed by atoms with Crippen molar-refractivity contribution in [1.82, 2.24) is 15.3 Å². The lowest BCUT2D eigenvalue weighted by Crippen LogP contribution is -2.37. The number of anilines is 1. The van der Waals surface area contributed by atoms with Gasteiger partial charge >= 0.3 is 0 Å². The van der Waals surface area contributed by atoms with E-state index in [1.807, 2.05) is 0 Å². The van der Waals surface area contributed by atoms with Crippen LogP contribution in [0.5, 0.6) is 5.88 Å². The first-order valence-electron chi connectivity index (χ1n) is 8.82. The molecule has 3 N–H and O–H groups in total. The molecule has 0 fully saturated rings. The SMILES string of the molecule is Cc1cc(C(=O)NCc2cnc(OCC(F)F)c(Cl)c2)cc(NC(=O)C(C)(C)O)n1. The molecule has 0 radical (unpaired) electrons. The van der Waals surface area contributed by atoms with Gasteiger partial charge in [0.15, 0.2) is 6.61 Å². The molecule has 11 heteroatoms. The second kappa shape index (κ2) is 9.77. The lowest BCUT2D eigenvalue weighted by molar-refractivity contribution is -0.130. The van der Waals surface area contributed by atoms with Crippen molar-refractivity contribution in [3.63, 3.8) is 0 Å². The van der Waals surface area contributed by atoms with Crippen LogP contribution < -0.4 is 15.4 Å². The molecule has 0 aliphatic carbocycles. The first kappa shape index (κ1) is 23.4. The maximum absolute atomic E-state index is 12.5. The van der Waals surface area contributed by atoms with E-state index in [2.05, 4.69) is 20.6 Å². The van der Waals surface area contributed by atoms with Crippen LogP contribution in [0.3, 0.4) is 0 Å². The van der Waals surface area contributed by atoms with Gasteiger partial charge in [0.2, 0.25) is 5.88 Å². The molecule has 0 aliphatic rings. The highest BCUT2D eigenvalue weighted by Gasteiger charge is 2.24. The van der Waals surface area contributed by atoms with Gasteiger partial charge in [0, 0.05) is 24.0 Å². The predicted molar refractivity (Wildman–Crippen MR) is 106 cm³/mol. The summed E-state index contributed by atoms with van der Waals surface area (Å²) in [5.41, 5.74) is -0.354. The van der Waals surface area contributed by atoms with Crippen LogP contribution in [-0.4, -0.2) is 45.5 Å². The minimum absolute atomic E-state index is 0.0405. The van der Waals surface area contributed by atoms with Crippen molar-refractivity contribution in [3.05, 3.63) is 46.2 Å². The van der Waals surface area contributed by atoms with Crippen LogP contribution in [0.4, 0.5) is 14.6 Å². The van der Waals surface area contributed by atoms with Gasteiger partial charge in [-0.15, -0.1) is 0 Å². The molecule has 0 atom stereocenters. The number of hydrogen-bond acceptors (Lipinski definition) is 6. The fourth-order valence-electron chi connectivity index (χ4n) is 2.23. The van der Waals surface area contributed by atoms with E-state index >= 15 is 0 Å². The molecule has 0 saturated carbocycles. The number of pyridine rings is 2. The zero-order valence-corrected chi connectivity index (χ0v) is 17.3. The molecule has 162 valence electrons. The maximum atomic E-state index is 12.5.